The highest BCUT2D eigenvalue weighted by Crippen LogP contribution is 2.34. The summed E-state index contributed by atoms with van der Waals surface area (Å²) in [6.07, 6.45) is 2.61. The number of benzene rings is 1. The lowest BCUT2D eigenvalue weighted by Gasteiger charge is -2.46. The standard InChI is InChI=1S/C20H26FN7O3/c1-19(2)9-12(10-20(3,4)27-19)24-16-15(28(30)31)17(23-11-22-16)25-26-18(29)13-7-5-6-8-14(13)21/h5-8,11-12,27H,9-10H2,1-4H3,(H,26,29)(H2,22,23,24,25). The maximum atomic E-state index is 13.8. The molecular weight excluding hydrogens is 405 g/mol. The van der Waals surface area contributed by atoms with E-state index in [1.807, 2.05) is 0 Å². The maximum Gasteiger partial charge on any atom is 0.354 e. The number of anilines is 2. The van der Waals surface area contributed by atoms with Gasteiger partial charge < -0.3 is 10.6 Å². The predicted octanol–water partition coefficient (Wildman–Crippen LogP) is 3.00. The van der Waals surface area contributed by atoms with E-state index in [4.69, 9.17) is 0 Å². The van der Waals surface area contributed by atoms with Crippen LogP contribution in [0, 0.1) is 15.9 Å². The zero-order chi connectivity index (χ0) is 22.8. The fourth-order valence-electron chi connectivity index (χ4n) is 4.20. The van der Waals surface area contributed by atoms with Gasteiger partial charge in [0.1, 0.15) is 12.1 Å². The van der Waals surface area contributed by atoms with Gasteiger partial charge in [0, 0.05) is 17.1 Å². The van der Waals surface area contributed by atoms with E-state index in [-0.39, 0.29) is 34.3 Å². The maximum absolute atomic E-state index is 13.8. The molecule has 166 valence electrons. The minimum Gasteiger partial charge on any atom is -0.361 e. The molecule has 1 amide bonds. The zero-order valence-corrected chi connectivity index (χ0v) is 17.8. The van der Waals surface area contributed by atoms with Gasteiger partial charge in [0.2, 0.25) is 11.6 Å². The lowest BCUT2D eigenvalue weighted by molar-refractivity contribution is -0.383. The Morgan fingerprint density at radius 3 is 2.39 bits per heavy atom. The largest absolute Gasteiger partial charge is 0.361 e. The summed E-state index contributed by atoms with van der Waals surface area (Å²) in [5.41, 5.74) is 3.71. The molecule has 10 nitrogen and oxygen atoms in total. The second-order valence-corrected chi connectivity index (χ2v) is 8.88. The van der Waals surface area contributed by atoms with Crippen LogP contribution in [-0.4, -0.2) is 37.9 Å². The molecule has 3 rings (SSSR count). The number of nitro groups is 1. The number of halogens is 1. The molecule has 0 radical (unpaired) electrons. The van der Waals surface area contributed by atoms with Gasteiger partial charge in [0.25, 0.3) is 5.91 Å². The number of nitrogens with zero attached hydrogens (tertiary/aromatic N) is 3. The number of hydrazine groups is 1. The van der Waals surface area contributed by atoms with Crippen molar-refractivity contribution in [3.8, 4) is 0 Å². The van der Waals surface area contributed by atoms with Crippen LogP contribution in [0.2, 0.25) is 0 Å². The lowest BCUT2D eigenvalue weighted by atomic mass is 9.79. The average Bonchev–Trinajstić information content (AvgIpc) is 2.63. The lowest BCUT2D eigenvalue weighted by Crippen LogP contribution is -2.60. The fourth-order valence-corrected chi connectivity index (χ4v) is 4.20. The van der Waals surface area contributed by atoms with Crippen LogP contribution in [0.4, 0.5) is 21.7 Å². The topological polar surface area (TPSA) is 134 Å². The molecule has 0 aliphatic carbocycles. The number of aromatic nitrogens is 2. The number of nitrogens with one attached hydrogen (secondary N) is 4. The van der Waals surface area contributed by atoms with E-state index < -0.39 is 22.3 Å². The molecule has 1 aromatic heterocycles. The Labute approximate surface area is 179 Å². The molecule has 2 aromatic rings. The van der Waals surface area contributed by atoms with E-state index in [2.05, 4.69) is 59.1 Å². The summed E-state index contributed by atoms with van der Waals surface area (Å²) < 4.78 is 13.8. The van der Waals surface area contributed by atoms with Gasteiger partial charge in [-0.3, -0.25) is 25.8 Å². The van der Waals surface area contributed by atoms with E-state index in [1.165, 1.54) is 18.2 Å². The first-order valence-corrected chi connectivity index (χ1v) is 9.84. The summed E-state index contributed by atoms with van der Waals surface area (Å²) >= 11 is 0. The van der Waals surface area contributed by atoms with Gasteiger partial charge in [-0.2, -0.15) is 0 Å². The molecule has 2 heterocycles. The number of piperidine rings is 1. The monoisotopic (exact) mass is 431 g/mol. The zero-order valence-electron chi connectivity index (χ0n) is 17.8. The first kappa shape index (κ1) is 22.3. The van der Waals surface area contributed by atoms with Crippen LogP contribution in [0.1, 0.15) is 50.9 Å². The Bertz CT molecular complexity index is 980. The summed E-state index contributed by atoms with van der Waals surface area (Å²) in [4.78, 5) is 31.3. The van der Waals surface area contributed by atoms with E-state index in [0.717, 1.165) is 25.2 Å². The molecule has 0 spiro atoms. The number of carbonyl (C=O) groups excluding carboxylic acids is 1. The van der Waals surface area contributed by atoms with Crippen LogP contribution >= 0.6 is 0 Å². The highest BCUT2D eigenvalue weighted by atomic mass is 19.1. The first-order valence-electron chi connectivity index (χ1n) is 9.84. The highest BCUT2D eigenvalue weighted by Gasteiger charge is 2.38. The van der Waals surface area contributed by atoms with Gasteiger partial charge in [-0.15, -0.1) is 0 Å². The van der Waals surface area contributed by atoms with Crippen LogP contribution in [-0.2, 0) is 0 Å². The minimum atomic E-state index is -0.789. The molecule has 0 unspecified atom stereocenters. The Morgan fingerprint density at radius 1 is 1.16 bits per heavy atom. The van der Waals surface area contributed by atoms with Gasteiger partial charge in [0.15, 0.2) is 0 Å². The Balaban J connectivity index is 1.80. The normalized spacial score (nSPS) is 17.6. The molecule has 4 N–H and O–H groups in total. The van der Waals surface area contributed by atoms with Crippen LogP contribution in [0.5, 0.6) is 0 Å². The number of amides is 1. The molecule has 1 fully saturated rings. The highest BCUT2D eigenvalue weighted by molar-refractivity contribution is 5.95. The first-order chi connectivity index (χ1) is 14.5. The van der Waals surface area contributed by atoms with Crippen LogP contribution in [0.3, 0.4) is 0 Å². The van der Waals surface area contributed by atoms with Crippen molar-refractivity contribution < 1.29 is 14.1 Å². The smallest absolute Gasteiger partial charge is 0.354 e. The third-order valence-corrected chi connectivity index (χ3v) is 4.95. The Hall–Kier alpha value is -3.34. The molecular formula is C20H26FN7O3. The molecule has 1 saturated heterocycles. The summed E-state index contributed by atoms with van der Waals surface area (Å²) in [7, 11) is 0. The van der Waals surface area contributed by atoms with Crippen molar-refractivity contribution in [1.29, 1.82) is 0 Å². The van der Waals surface area contributed by atoms with Crippen molar-refractivity contribution in [2.45, 2.75) is 57.7 Å². The van der Waals surface area contributed by atoms with Crippen LogP contribution < -0.4 is 21.5 Å². The minimum absolute atomic E-state index is 0.0427. The Morgan fingerprint density at radius 2 is 1.77 bits per heavy atom. The van der Waals surface area contributed by atoms with E-state index >= 15 is 0 Å². The van der Waals surface area contributed by atoms with Gasteiger partial charge >= 0.3 is 5.69 Å². The molecule has 0 atom stereocenters. The van der Waals surface area contributed by atoms with Gasteiger partial charge in [-0.25, -0.2) is 14.4 Å². The summed E-state index contributed by atoms with van der Waals surface area (Å²) in [6.45, 7) is 8.29. The SMILES string of the molecule is CC1(C)CC(Nc2ncnc(NNC(=O)c3ccccc3F)c2[N+](=O)[O-])CC(C)(C)N1. The molecule has 1 aliphatic rings. The van der Waals surface area contributed by atoms with Gasteiger partial charge in [-0.1, -0.05) is 12.1 Å². The molecule has 11 heteroatoms. The molecule has 1 aliphatic heterocycles. The van der Waals surface area contributed by atoms with Crippen LogP contribution in [0.25, 0.3) is 0 Å². The second kappa shape index (κ2) is 8.42. The van der Waals surface area contributed by atoms with Crippen molar-refractivity contribution in [1.82, 2.24) is 20.7 Å². The third kappa shape index (κ3) is 5.43. The molecule has 0 bridgehead atoms. The number of hydrogen-bond acceptors (Lipinski definition) is 8. The van der Waals surface area contributed by atoms with E-state index in [9.17, 15) is 19.3 Å². The van der Waals surface area contributed by atoms with Crippen molar-refractivity contribution in [2.24, 2.45) is 0 Å². The number of carbonyl (C=O) groups is 1. The van der Waals surface area contributed by atoms with E-state index in [1.54, 1.807) is 0 Å². The predicted molar refractivity (Wildman–Crippen MR) is 114 cm³/mol. The fraction of sp³-hybridized carbons (Fsp3) is 0.450. The van der Waals surface area contributed by atoms with Gasteiger partial charge in [-0.05, 0) is 52.7 Å². The van der Waals surface area contributed by atoms with Crippen LogP contribution in [0.15, 0.2) is 30.6 Å². The summed E-state index contributed by atoms with van der Waals surface area (Å²) in [5, 5.41) is 18.5. The number of rotatable bonds is 6. The molecule has 31 heavy (non-hydrogen) atoms. The second-order valence-electron chi connectivity index (χ2n) is 8.88. The quantitative estimate of drug-likeness (QED) is 0.405. The van der Waals surface area contributed by atoms with Crippen molar-refractivity contribution >= 4 is 23.2 Å². The number of hydrogen-bond donors (Lipinski definition) is 4. The Kier molecular flexibility index (Phi) is 6.07. The van der Waals surface area contributed by atoms with Crippen molar-refractivity contribution in [2.75, 3.05) is 10.7 Å². The average molecular weight is 431 g/mol. The summed E-state index contributed by atoms with van der Waals surface area (Å²) in [6, 6.07) is 5.34. The van der Waals surface area contributed by atoms with E-state index in [0.29, 0.717) is 0 Å². The van der Waals surface area contributed by atoms with Gasteiger partial charge in [0.05, 0.1) is 10.5 Å². The third-order valence-electron chi connectivity index (χ3n) is 4.95. The molecule has 1 aromatic carbocycles. The van der Waals surface area contributed by atoms with Crippen molar-refractivity contribution in [3.05, 3.63) is 52.1 Å². The summed E-state index contributed by atoms with van der Waals surface area (Å²) in [5.74, 6) is -1.67. The van der Waals surface area contributed by atoms with Crippen molar-refractivity contribution in [3.63, 3.8) is 0 Å². The molecule has 0 saturated carbocycles.